The number of aliphatic hydroxyl groups excluding tert-OH is 4. The second-order valence-electron chi connectivity index (χ2n) is 10.2. The molecular formula is C28H36O13. The number of ether oxygens (including phenoxy) is 5. The molecule has 4 rings (SSSR count). The van der Waals surface area contributed by atoms with Crippen LogP contribution in [0, 0.1) is 0 Å². The Balaban J connectivity index is 1.47. The number of rotatable bonds is 10. The van der Waals surface area contributed by atoms with E-state index in [9.17, 15) is 40.5 Å². The van der Waals surface area contributed by atoms with Crippen molar-refractivity contribution in [3.63, 3.8) is 0 Å². The number of carbonyl (C=O) groups is 1. The summed E-state index contributed by atoms with van der Waals surface area (Å²) >= 11 is 0. The number of benzene rings is 2. The number of methoxy groups -OCH3 is 1. The van der Waals surface area contributed by atoms with Gasteiger partial charge in [0.2, 0.25) is 6.29 Å². The topological polar surface area (TPSA) is 205 Å². The van der Waals surface area contributed by atoms with E-state index in [1.54, 1.807) is 19.1 Å². The zero-order valence-electron chi connectivity index (χ0n) is 22.6. The molecule has 13 heteroatoms. The Morgan fingerprint density at radius 1 is 0.927 bits per heavy atom. The molecule has 7 N–H and O–H groups in total. The van der Waals surface area contributed by atoms with Crippen LogP contribution in [0.5, 0.6) is 28.7 Å². The minimum absolute atomic E-state index is 0.0159. The molecular weight excluding hydrogens is 544 g/mol. The largest absolute Gasteiger partial charge is 0.507 e. The van der Waals surface area contributed by atoms with Crippen LogP contribution in [0.1, 0.15) is 42.1 Å². The maximum atomic E-state index is 12.8. The van der Waals surface area contributed by atoms with Crippen molar-refractivity contribution in [2.45, 2.75) is 81.8 Å². The lowest BCUT2D eigenvalue weighted by Gasteiger charge is -2.42. The van der Waals surface area contributed by atoms with Crippen LogP contribution < -0.4 is 9.47 Å². The highest BCUT2D eigenvalue weighted by atomic mass is 16.7. The fraction of sp³-hybridized carbons (Fsp3) is 0.536. The van der Waals surface area contributed by atoms with Crippen molar-refractivity contribution in [1.29, 1.82) is 0 Å². The molecule has 0 unspecified atom stereocenters. The molecule has 2 aliphatic rings. The summed E-state index contributed by atoms with van der Waals surface area (Å²) < 4.78 is 27.8. The molecule has 226 valence electrons. The number of phenols is 3. The van der Waals surface area contributed by atoms with Gasteiger partial charge in [0, 0.05) is 31.4 Å². The van der Waals surface area contributed by atoms with E-state index >= 15 is 0 Å². The number of aromatic hydroxyl groups is 3. The quantitative estimate of drug-likeness (QED) is 0.194. The number of hydrogen-bond acceptors (Lipinski definition) is 13. The minimum Gasteiger partial charge on any atom is -0.507 e. The second-order valence-corrected chi connectivity index (χ2v) is 10.2. The molecule has 41 heavy (non-hydrogen) atoms. The SMILES string of the molecule is COc1ccc(CCC(=O)c2c(O)cc(O[C@@H]3O[C@H](CO)C[C@H](O)[C@H]3O[C@@H]3O[C@@H](C)[C@H](O)C[C@H]3O)cc2O)cc1O. The van der Waals surface area contributed by atoms with Gasteiger partial charge in [-0.25, -0.2) is 0 Å². The van der Waals surface area contributed by atoms with Crippen molar-refractivity contribution in [1.82, 2.24) is 0 Å². The van der Waals surface area contributed by atoms with E-state index in [1.807, 2.05) is 0 Å². The lowest BCUT2D eigenvalue weighted by atomic mass is 10.0. The number of ketones is 1. The summed E-state index contributed by atoms with van der Waals surface area (Å²) in [6.45, 7) is 1.16. The molecule has 2 fully saturated rings. The third-order valence-electron chi connectivity index (χ3n) is 7.15. The summed E-state index contributed by atoms with van der Waals surface area (Å²) in [7, 11) is 1.42. The number of aliphatic hydroxyl groups is 4. The van der Waals surface area contributed by atoms with Gasteiger partial charge in [0.1, 0.15) is 35.0 Å². The first-order valence-corrected chi connectivity index (χ1v) is 13.2. The van der Waals surface area contributed by atoms with Gasteiger partial charge in [0.05, 0.1) is 38.1 Å². The maximum absolute atomic E-state index is 12.8. The number of aryl methyl sites for hydroxylation is 1. The highest BCUT2D eigenvalue weighted by molar-refractivity contribution is 6.01. The molecule has 0 radical (unpaired) electrons. The number of phenolic OH excluding ortho intramolecular Hbond substituents is 3. The van der Waals surface area contributed by atoms with Crippen molar-refractivity contribution in [3.05, 3.63) is 41.5 Å². The van der Waals surface area contributed by atoms with Gasteiger partial charge in [0.15, 0.2) is 23.6 Å². The van der Waals surface area contributed by atoms with E-state index in [4.69, 9.17) is 23.7 Å². The van der Waals surface area contributed by atoms with Crippen LogP contribution in [0.4, 0.5) is 0 Å². The highest BCUT2D eigenvalue weighted by Gasteiger charge is 2.45. The number of carbonyl (C=O) groups excluding carboxylic acids is 1. The van der Waals surface area contributed by atoms with Crippen molar-refractivity contribution in [2.75, 3.05) is 13.7 Å². The molecule has 2 aliphatic heterocycles. The van der Waals surface area contributed by atoms with Crippen molar-refractivity contribution in [3.8, 4) is 28.7 Å². The molecule has 0 spiro atoms. The highest BCUT2D eigenvalue weighted by Crippen LogP contribution is 2.37. The van der Waals surface area contributed by atoms with Crippen molar-refractivity contribution >= 4 is 5.78 Å². The third kappa shape index (κ3) is 7.19. The summed E-state index contributed by atoms with van der Waals surface area (Å²) in [5.41, 5.74) is 0.316. The molecule has 2 saturated heterocycles. The van der Waals surface area contributed by atoms with E-state index in [1.165, 1.54) is 13.2 Å². The first kappa shape index (κ1) is 30.8. The molecule has 0 bridgehead atoms. The standard InChI is InChI=1S/C28H36O13/c1-13-18(31)11-23(36)27(38-13)41-26-22(35)10-16(12-29)40-28(26)39-15-8-20(33)25(21(34)9-15)17(30)5-3-14-4-6-24(37-2)19(32)7-14/h4,6-9,13,16,18,22-23,26-29,31-36H,3,5,10-12H2,1-2H3/t13-,16-,18+,22-,23+,26+,27-,28+/m0/s1. The van der Waals surface area contributed by atoms with Crippen LogP contribution in [0.2, 0.25) is 0 Å². The zero-order valence-corrected chi connectivity index (χ0v) is 22.6. The fourth-order valence-corrected chi connectivity index (χ4v) is 4.84. The lowest BCUT2D eigenvalue weighted by Crippen LogP contribution is -2.57. The van der Waals surface area contributed by atoms with E-state index in [0.717, 1.165) is 12.1 Å². The first-order valence-electron chi connectivity index (χ1n) is 13.2. The summed E-state index contributed by atoms with van der Waals surface area (Å²) in [5, 5.41) is 71.7. The van der Waals surface area contributed by atoms with Crippen LogP contribution in [0.25, 0.3) is 0 Å². The molecule has 2 aromatic rings. The molecule has 8 atom stereocenters. The van der Waals surface area contributed by atoms with E-state index in [2.05, 4.69) is 0 Å². The van der Waals surface area contributed by atoms with Crippen molar-refractivity contribution < 1.29 is 64.2 Å². The Hall–Kier alpha value is -3.17. The van der Waals surface area contributed by atoms with Crippen LogP contribution >= 0.6 is 0 Å². The van der Waals surface area contributed by atoms with Crippen LogP contribution in [0.3, 0.4) is 0 Å². The fourth-order valence-electron chi connectivity index (χ4n) is 4.84. The predicted octanol–water partition coefficient (Wildman–Crippen LogP) is 0.716. The number of Topliss-reactive ketones (excluding diaryl/α,β-unsaturated/α-hetero) is 1. The van der Waals surface area contributed by atoms with Crippen LogP contribution in [-0.4, -0.2) is 104 Å². The van der Waals surface area contributed by atoms with Crippen LogP contribution in [-0.2, 0) is 20.6 Å². The monoisotopic (exact) mass is 580 g/mol. The maximum Gasteiger partial charge on any atom is 0.229 e. The van der Waals surface area contributed by atoms with E-state index in [-0.39, 0.29) is 48.5 Å². The average molecular weight is 581 g/mol. The summed E-state index contributed by atoms with van der Waals surface area (Å²) in [6.07, 6.45) is -8.53. The van der Waals surface area contributed by atoms with E-state index in [0.29, 0.717) is 5.56 Å². The van der Waals surface area contributed by atoms with Gasteiger partial charge in [0.25, 0.3) is 0 Å². The zero-order chi connectivity index (χ0) is 29.8. The second kappa shape index (κ2) is 13.2. The van der Waals surface area contributed by atoms with Gasteiger partial charge < -0.3 is 59.4 Å². The number of hydrogen-bond donors (Lipinski definition) is 7. The Kier molecular flexibility index (Phi) is 9.92. The molecule has 2 aromatic carbocycles. The van der Waals surface area contributed by atoms with Gasteiger partial charge in [-0.3, -0.25) is 4.79 Å². The Bertz CT molecular complexity index is 1180. The smallest absolute Gasteiger partial charge is 0.229 e. The minimum atomic E-state index is -1.38. The summed E-state index contributed by atoms with van der Waals surface area (Å²) in [6, 6.07) is 6.88. The van der Waals surface area contributed by atoms with Gasteiger partial charge >= 0.3 is 0 Å². The van der Waals surface area contributed by atoms with Gasteiger partial charge in [-0.2, -0.15) is 0 Å². The Labute approximate surface area is 236 Å². The molecule has 0 saturated carbocycles. The van der Waals surface area contributed by atoms with Gasteiger partial charge in [-0.1, -0.05) is 6.07 Å². The third-order valence-corrected chi connectivity index (χ3v) is 7.15. The van der Waals surface area contributed by atoms with Gasteiger partial charge in [-0.15, -0.1) is 0 Å². The molecule has 0 aromatic heterocycles. The van der Waals surface area contributed by atoms with Gasteiger partial charge in [-0.05, 0) is 31.0 Å². The van der Waals surface area contributed by atoms with Crippen LogP contribution in [0.15, 0.2) is 30.3 Å². The Morgan fingerprint density at radius 3 is 2.27 bits per heavy atom. The molecule has 2 heterocycles. The summed E-state index contributed by atoms with van der Waals surface area (Å²) in [4.78, 5) is 12.8. The average Bonchev–Trinajstić information content (AvgIpc) is 2.91. The normalized spacial score (nSPS) is 30.1. The Morgan fingerprint density at radius 2 is 1.63 bits per heavy atom. The van der Waals surface area contributed by atoms with E-state index < -0.39 is 73.1 Å². The molecule has 0 amide bonds. The molecule has 0 aliphatic carbocycles. The first-order chi connectivity index (χ1) is 19.5. The molecule has 13 nitrogen and oxygen atoms in total. The lowest BCUT2D eigenvalue weighted by molar-refractivity contribution is -0.328. The summed E-state index contributed by atoms with van der Waals surface area (Å²) in [5.74, 6) is -1.62. The predicted molar refractivity (Wildman–Crippen MR) is 140 cm³/mol. The van der Waals surface area contributed by atoms with Crippen molar-refractivity contribution in [2.24, 2.45) is 0 Å².